The van der Waals surface area contributed by atoms with Gasteiger partial charge in [0.2, 0.25) is 5.95 Å². The number of hydrogen-bond acceptors (Lipinski definition) is 6. The maximum atomic E-state index is 12.3. The van der Waals surface area contributed by atoms with Crippen molar-refractivity contribution >= 4 is 23.4 Å². The van der Waals surface area contributed by atoms with E-state index >= 15 is 0 Å². The Morgan fingerprint density at radius 2 is 1.80 bits per heavy atom. The number of hydrogen-bond donors (Lipinski definition) is 2. The molecule has 2 saturated carbocycles. The molecular formula is C24H30N4O2. The Balaban J connectivity index is 1.37. The van der Waals surface area contributed by atoms with Gasteiger partial charge in [0.25, 0.3) is 0 Å². The van der Waals surface area contributed by atoms with E-state index in [9.17, 15) is 4.79 Å². The molecule has 0 bridgehead atoms. The molecule has 5 rings (SSSR count). The first kappa shape index (κ1) is 19.3. The van der Waals surface area contributed by atoms with Crippen molar-refractivity contribution in [2.45, 2.75) is 75.7 Å². The van der Waals surface area contributed by atoms with Gasteiger partial charge < -0.3 is 15.4 Å². The first-order chi connectivity index (χ1) is 14.7. The van der Waals surface area contributed by atoms with Crippen molar-refractivity contribution in [3.63, 3.8) is 0 Å². The number of anilines is 3. The quantitative estimate of drug-likeness (QED) is 0.680. The van der Waals surface area contributed by atoms with Gasteiger partial charge in [0, 0.05) is 17.3 Å². The van der Waals surface area contributed by atoms with E-state index < -0.39 is 5.41 Å². The number of carbonyl (C=O) groups is 1. The van der Waals surface area contributed by atoms with Crippen LogP contribution in [0.3, 0.4) is 0 Å². The van der Waals surface area contributed by atoms with E-state index in [1.54, 1.807) is 0 Å². The first-order valence-corrected chi connectivity index (χ1v) is 11.3. The molecule has 1 aromatic carbocycles. The summed E-state index contributed by atoms with van der Waals surface area (Å²) >= 11 is 0. The average molecular weight is 407 g/mol. The molecule has 0 radical (unpaired) electrons. The van der Waals surface area contributed by atoms with E-state index in [0.717, 1.165) is 61.5 Å². The summed E-state index contributed by atoms with van der Waals surface area (Å²) in [5.74, 6) is 1.54. The van der Waals surface area contributed by atoms with Crippen molar-refractivity contribution in [2.75, 3.05) is 17.7 Å². The van der Waals surface area contributed by atoms with Gasteiger partial charge in [-0.25, -0.2) is 4.98 Å². The average Bonchev–Trinajstić information content (AvgIpc) is 3.40. The van der Waals surface area contributed by atoms with Crippen LogP contribution in [0, 0.1) is 0 Å². The molecular weight excluding hydrogens is 376 g/mol. The molecule has 2 aromatic rings. The predicted molar refractivity (Wildman–Crippen MR) is 117 cm³/mol. The summed E-state index contributed by atoms with van der Waals surface area (Å²) in [5.41, 5.74) is 3.98. The number of esters is 1. The van der Waals surface area contributed by atoms with Crippen LogP contribution in [0.2, 0.25) is 0 Å². The normalized spacial score (nSPS) is 19.8. The molecule has 6 nitrogen and oxygen atoms in total. The van der Waals surface area contributed by atoms with Gasteiger partial charge >= 0.3 is 5.97 Å². The molecule has 0 atom stereocenters. The number of fused-ring (bicyclic) bond motifs is 1. The number of nitrogens with zero attached hydrogens (tertiary/aromatic N) is 2. The van der Waals surface area contributed by atoms with Crippen LogP contribution in [-0.2, 0) is 27.8 Å². The van der Waals surface area contributed by atoms with Crippen molar-refractivity contribution in [3.05, 3.63) is 41.1 Å². The molecule has 0 spiro atoms. The van der Waals surface area contributed by atoms with Crippen LogP contribution < -0.4 is 10.6 Å². The third kappa shape index (κ3) is 3.42. The number of ether oxygens (including phenoxy) is 1. The second-order valence-corrected chi connectivity index (χ2v) is 8.93. The summed E-state index contributed by atoms with van der Waals surface area (Å²) in [6.07, 6.45) is 10.9. The van der Waals surface area contributed by atoms with E-state index in [-0.39, 0.29) is 5.97 Å². The van der Waals surface area contributed by atoms with Gasteiger partial charge in [-0.1, -0.05) is 31.4 Å². The van der Waals surface area contributed by atoms with Crippen LogP contribution in [0.1, 0.15) is 68.2 Å². The predicted octanol–water partition coefficient (Wildman–Crippen LogP) is 4.66. The van der Waals surface area contributed by atoms with E-state index in [4.69, 9.17) is 14.7 Å². The molecule has 0 saturated heterocycles. The molecule has 6 heteroatoms. The molecule has 2 N–H and O–H groups in total. The van der Waals surface area contributed by atoms with Crippen molar-refractivity contribution < 1.29 is 9.53 Å². The lowest BCUT2D eigenvalue weighted by Gasteiger charge is -2.39. The van der Waals surface area contributed by atoms with Crippen molar-refractivity contribution in [1.29, 1.82) is 0 Å². The first-order valence-electron chi connectivity index (χ1n) is 11.3. The number of aryl methyl sites for hydroxylation is 1. The number of aromatic nitrogens is 2. The van der Waals surface area contributed by atoms with Gasteiger partial charge in [-0.05, 0) is 62.6 Å². The fourth-order valence-corrected chi connectivity index (χ4v) is 5.20. The minimum Gasteiger partial charge on any atom is -0.468 e. The molecule has 0 aliphatic heterocycles. The Morgan fingerprint density at radius 1 is 1.03 bits per heavy atom. The molecule has 3 aliphatic carbocycles. The highest BCUT2D eigenvalue weighted by Crippen LogP contribution is 2.45. The highest BCUT2D eigenvalue weighted by Gasteiger charge is 2.46. The summed E-state index contributed by atoms with van der Waals surface area (Å²) in [7, 11) is 1.48. The zero-order valence-electron chi connectivity index (χ0n) is 17.7. The molecule has 158 valence electrons. The van der Waals surface area contributed by atoms with Gasteiger partial charge in [0.15, 0.2) is 0 Å². The lowest BCUT2D eigenvalue weighted by Crippen LogP contribution is -2.43. The van der Waals surface area contributed by atoms with Gasteiger partial charge in [0.05, 0.1) is 18.2 Å². The number of benzene rings is 1. The molecule has 2 fully saturated rings. The van der Waals surface area contributed by atoms with Gasteiger partial charge in [-0.3, -0.25) is 4.79 Å². The minimum absolute atomic E-state index is 0.120. The monoisotopic (exact) mass is 406 g/mol. The third-order valence-corrected chi connectivity index (χ3v) is 7.10. The highest BCUT2D eigenvalue weighted by molar-refractivity contribution is 5.84. The fourth-order valence-electron chi connectivity index (χ4n) is 5.20. The number of rotatable bonds is 6. The highest BCUT2D eigenvalue weighted by atomic mass is 16.5. The fraction of sp³-hybridized carbons (Fsp3) is 0.542. The number of methoxy groups -OCH3 is 1. The summed E-state index contributed by atoms with van der Waals surface area (Å²) in [6, 6.07) is 8.70. The van der Waals surface area contributed by atoms with Crippen molar-refractivity contribution in [2.24, 2.45) is 0 Å². The Kier molecular flexibility index (Phi) is 5.09. The van der Waals surface area contributed by atoms with Gasteiger partial charge in [-0.2, -0.15) is 4.98 Å². The van der Waals surface area contributed by atoms with E-state index in [2.05, 4.69) is 22.8 Å². The van der Waals surface area contributed by atoms with E-state index in [1.807, 2.05) is 12.1 Å². The van der Waals surface area contributed by atoms with Crippen LogP contribution in [-0.4, -0.2) is 29.1 Å². The van der Waals surface area contributed by atoms with Crippen LogP contribution in [0.15, 0.2) is 24.3 Å². The molecule has 3 aliphatic rings. The van der Waals surface area contributed by atoms with E-state index in [0.29, 0.717) is 6.04 Å². The second-order valence-electron chi connectivity index (χ2n) is 8.93. The Hall–Kier alpha value is -2.63. The number of carbonyl (C=O) groups excluding carboxylic acids is 1. The SMILES string of the molecule is COC(=O)C1(c2ccc(Nc3nc(NC4CCCC4)nc4c3CCC4)cc2)CCC1. The van der Waals surface area contributed by atoms with Crippen LogP contribution in [0.4, 0.5) is 17.5 Å². The van der Waals surface area contributed by atoms with Crippen LogP contribution in [0.5, 0.6) is 0 Å². The summed E-state index contributed by atoms with van der Waals surface area (Å²) in [5, 5.41) is 7.07. The number of nitrogens with one attached hydrogen (secondary N) is 2. The molecule has 0 amide bonds. The van der Waals surface area contributed by atoms with Crippen LogP contribution in [0.25, 0.3) is 0 Å². The lowest BCUT2D eigenvalue weighted by atomic mass is 9.64. The largest absolute Gasteiger partial charge is 0.468 e. The Morgan fingerprint density at radius 3 is 2.47 bits per heavy atom. The molecule has 0 unspecified atom stereocenters. The topological polar surface area (TPSA) is 76.1 Å². The van der Waals surface area contributed by atoms with Gasteiger partial charge in [0.1, 0.15) is 5.82 Å². The smallest absolute Gasteiger partial charge is 0.316 e. The zero-order valence-corrected chi connectivity index (χ0v) is 17.7. The Labute approximate surface area is 177 Å². The lowest BCUT2D eigenvalue weighted by molar-refractivity contribution is -0.151. The standard InChI is InChI=1S/C24H30N4O2/c1-30-22(29)24(14-5-15-24)16-10-12-18(13-11-16)25-21-19-8-4-9-20(19)27-23(28-21)26-17-6-2-3-7-17/h10-13,17H,2-9,14-15H2,1H3,(H2,25,26,27,28). The summed E-state index contributed by atoms with van der Waals surface area (Å²) < 4.78 is 5.08. The maximum Gasteiger partial charge on any atom is 0.316 e. The van der Waals surface area contributed by atoms with E-state index in [1.165, 1.54) is 44.1 Å². The summed E-state index contributed by atoms with van der Waals surface area (Å²) in [4.78, 5) is 22.0. The van der Waals surface area contributed by atoms with Crippen molar-refractivity contribution in [1.82, 2.24) is 9.97 Å². The summed E-state index contributed by atoms with van der Waals surface area (Å²) in [6.45, 7) is 0. The molecule has 1 heterocycles. The molecule has 30 heavy (non-hydrogen) atoms. The second kappa shape index (κ2) is 7.89. The van der Waals surface area contributed by atoms with Crippen molar-refractivity contribution in [3.8, 4) is 0 Å². The van der Waals surface area contributed by atoms with Crippen LogP contribution >= 0.6 is 0 Å². The Bertz CT molecular complexity index is 931. The maximum absolute atomic E-state index is 12.3. The third-order valence-electron chi connectivity index (χ3n) is 7.10. The minimum atomic E-state index is -0.457. The van der Waals surface area contributed by atoms with Gasteiger partial charge in [-0.15, -0.1) is 0 Å². The molecule has 1 aromatic heterocycles. The zero-order chi connectivity index (χ0) is 20.6.